The van der Waals surface area contributed by atoms with Crippen LogP contribution in [0.15, 0.2) is 64.5 Å². The number of carbonyl (C=O) groups excluding carboxylic acids is 1. The molecule has 2 heterocycles. The average Bonchev–Trinajstić information content (AvgIpc) is 3.22. The fraction of sp³-hybridized carbons (Fsp3) is 0.292. The van der Waals surface area contributed by atoms with Crippen molar-refractivity contribution in [2.24, 2.45) is 0 Å². The normalized spacial score (nSPS) is 14.7. The Morgan fingerprint density at radius 3 is 2.60 bits per heavy atom. The van der Waals surface area contributed by atoms with Crippen LogP contribution in [0, 0.1) is 6.92 Å². The molecule has 1 amide bonds. The third-order valence-corrected chi connectivity index (χ3v) is 6.67. The van der Waals surface area contributed by atoms with Crippen molar-refractivity contribution in [1.29, 1.82) is 0 Å². The van der Waals surface area contributed by atoms with E-state index >= 15 is 0 Å². The molecule has 1 fully saturated rings. The summed E-state index contributed by atoms with van der Waals surface area (Å²) in [6, 6.07) is 18.4. The quantitative estimate of drug-likeness (QED) is 0.472. The van der Waals surface area contributed by atoms with E-state index in [1.165, 1.54) is 22.5 Å². The third-order valence-electron chi connectivity index (χ3n) is 5.21. The molecular formula is C24H25BrN2O2S. The summed E-state index contributed by atoms with van der Waals surface area (Å²) < 4.78 is 6.97. The van der Waals surface area contributed by atoms with Gasteiger partial charge in [-0.25, -0.2) is 0 Å². The van der Waals surface area contributed by atoms with Crippen molar-refractivity contribution in [2.45, 2.75) is 20.1 Å². The maximum atomic E-state index is 12.9. The number of hydrogen-bond donors (Lipinski definition) is 0. The van der Waals surface area contributed by atoms with Gasteiger partial charge < -0.3 is 9.64 Å². The molecule has 0 radical (unpaired) electrons. The maximum Gasteiger partial charge on any atom is 0.264 e. The Kier molecular flexibility index (Phi) is 6.87. The molecule has 0 spiro atoms. The first kappa shape index (κ1) is 21.1. The van der Waals surface area contributed by atoms with Gasteiger partial charge in [0.05, 0.1) is 4.88 Å². The topological polar surface area (TPSA) is 32.8 Å². The number of thiophene rings is 1. The van der Waals surface area contributed by atoms with Crippen LogP contribution in [-0.2, 0) is 13.2 Å². The summed E-state index contributed by atoms with van der Waals surface area (Å²) in [6.07, 6.45) is 0. The van der Waals surface area contributed by atoms with Crippen LogP contribution >= 0.6 is 27.3 Å². The van der Waals surface area contributed by atoms with Crippen LogP contribution in [0.3, 0.4) is 0 Å². The number of piperazine rings is 1. The minimum Gasteiger partial charge on any atom is -0.489 e. The highest BCUT2D eigenvalue weighted by molar-refractivity contribution is 9.10. The maximum absolute atomic E-state index is 12.9. The van der Waals surface area contributed by atoms with Gasteiger partial charge in [-0.05, 0) is 53.8 Å². The molecule has 0 aliphatic carbocycles. The van der Waals surface area contributed by atoms with Crippen LogP contribution in [-0.4, -0.2) is 41.9 Å². The molecule has 1 aliphatic heterocycles. The second-order valence-electron chi connectivity index (χ2n) is 7.62. The Hall–Kier alpha value is -2.15. The third kappa shape index (κ3) is 5.50. The van der Waals surface area contributed by atoms with Crippen molar-refractivity contribution in [3.8, 4) is 5.75 Å². The van der Waals surface area contributed by atoms with E-state index in [0.29, 0.717) is 6.61 Å². The van der Waals surface area contributed by atoms with Gasteiger partial charge in [0.1, 0.15) is 12.4 Å². The monoisotopic (exact) mass is 484 g/mol. The molecule has 0 saturated carbocycles. The first-order chi connectivity index (χ1) is 14.6. The Balaban J connectivity index is 1.28. The van der Waals surface area contributed by atoms with Crippen molar-refractivity contribution in [3.05, 3.63) is 86.0 Å². The number of halogens is 1. The fourth-order valence-corrected chi connectivity index (χ4v) is 4.90. The number of hydrogen-bond acceptors (Lipinski definition) is 4. The molecule has 1 aromatic heterocycles. The summed E-state index contributed by atoms with van der Waals surface area (Å²) >= 11 is 5.04. The van der Waals surface area contributed by atoms with Crippen LogP contribution in [0.5, 0.6) is 5.75 Å². The van der Waals surface area contributed by atoms with E-state index in [9.17, 15) is 4.79 Å². The lowest BCUT2D eigenvalue weighted by Gasteiger charge is -2.34. The van der Waals surface area contributed by atoms with E-state index in [-0.39, 0.29) is 5.91 Å². The van der Waals surface area contributed by atoms with Crippen molar-refractivity contribution < 1.29 is 9.53 Å². The zero-order chi connectivity index (χ0) is 20.9. The van der Waals surface area contributed by atoms with Crippen LogP contribution in [0.1, 0.15) is 26.4 Å². The van der Waals surface area contributed by atoms with Gasteiger partial charge in [-0.1, -0.05) is 40.2 Å². The lowest BCUT2D eigenvalue weighted by Crippen LogP contribution is -2.48. The minimum absolute atomic E-state index is 0.129. The van der Waals surface area contributed by atoms with E-state index in [1.807, 2.05) is 53.6 Å². The zero-order valence-corrected chi connectivity index (χ0v) is 19.4. The molecule has 0 atom stereocenters. The highest BCUT2D eigenvalue weighted by atomic mass is 79.9. The molecule has 0 bridgehead atoms. The van der Waals surface area contributed by atoms with Crippen molar-refractivity contribution in [2.75, 3.05) is 26.2 Å². The Bertz CT molecular complexity index is 1010. The zero-order valence-electron chi connectivity index (χ0n) is 17.0. The van der Waals surface area contributed by atoms with Crippen LogP contribution in [0.4, 0.5) is 0 Å². The van der Waals surface area contributed by atoms with Gasteiger partial charge in [0, 0.05) is 42.8 Å². The summed E-state index contributed by atoms with van der Waals surface area (Å²) in [5.41, 5.74) is 3.51. The largest absolute Gasteiger partial charge is 0.489 e. The second kappa shape index (κ2) is 9.77. The number of benzene rings is 2. The average molecular weight is 485 g/mol. The second-order valence-corrected chi connectivity index (χ2v) is 9.45. The Labute approximate surface area is 190 Å². The van der Waals surface area contributed by atoms with E-state index in [1.54, 1.807) is 0 Å². The van der Waals surface area contributed by atoms with Gasteiger partial charge >= 0.3 is 0 Å². The molecule has 3 aromatic rings. The summed E-state index contributed by atoms with van der Waals surface area (Å²) in [6.45, 7) is 6.76. The van der Waals surface area contributed by atoms with Crippen LogP contribution < -0.4 is 4.74 Å². The number of carbonyl (C=O) groups is 1. The SMILES string of the molecule is Cc1cccc(OCc2csc(C(=O)N3CCN(Cc4cccc(Br)c4)CC3)c2)c1. The van der Waals surface area contributed by atoms with Gasteiger partial charge in [0.25, 0.3) is 5.91 Å². The minimum atomic E-state index is 0.129. The van der Waals surface area contributed by atoms with Gasteiger partial charge in [-0.2, -0.15) is 0 Å². The van der Waals surface area contributed by atoms with Gasteiger partial charge in [0.15, 0.2) is 0 Å². The van der Waals surface area contributed by atoms with Crippen LogP contribution in [0.2, 0.25) is 0 Å². The molecule has 156 valence electrons. The van der Waals surface area contributed by atoms with E-state index in [0.717, 1.165) is 53.4 Å². The Morgan fingerprint density at radius 2 is 1.83 bits per heavy atom. The lowest BCUT2D eigenvalue weighted by molar-refractivity contribution is 0.0633. The first-order valence-corrected chi connectivity index (χ1v) is 11.8. The molecule has 4 nitrogen and oxygen atoms in total. The fourth-order valence-electron chi connectivity index (χ4n) is 3.59. The van der Waals surface area contributed by atoms with E-state index in [4.69, 9.17) is 4.74 Å². The molecule has 1 saturated heterocycles. The Morgan fingerprint density at radius 1 is 1.03 bits per heavy atom. The summed E-state index contributed by atoms with van der Waals surface area (Å²) in [5, 5.41) is 2.02. The highest BCUT2D eigenvalue weighted by Crippen LogP contribution is 2.21. The van der Waals surface area contributed by atoms with Crippen LogP contribution in [0.25, 0.3) is 0 Å². The molecule has 1 aliphatic rings. The molecule has 0 unspecified atom stereocenters. The number of amides is 1. The van der Waals surface area contributed by atoms with Gasteiger partial charge in [-0.3, -0.25) is 9.69 Å². The van der Waals surface area contributed by atoms with Gasteiger partial charge in [-0.15, -0.1) is 11.3 Å². The number of nitrogens with zero attached hydrogens (tertiary/aromatic N) is 2. The lowest BCUT2D eigenvalue weighted by atomic mass is 10.2. The van der Waals surface area contributed by atoms with Crippen molar-refractivity contribution >= 4 is 33.2 Å². The molecule has 0 N–H and O–H groups in total. The molecule has 4 rings (SSSR count). The first-order valence-electron chi connectivity index (χ1n) is 10.1. The number of rotatable bonds is 6. The van der Waals surface area contributed by atoms with E-state index < -0.39 is 0 Å². The molecule has 30 heavy (non-hydrogen) atoms. The van der Waals surface area contributed by atoms with Crippen molar-refractivity contribution in [3.63, 3.8) is 0 Å². The summed E-state index contributed by atoms with van der Waals surface area (Å²) in [5.74, 6) is 0.986. The number of aryl methyl sites for hydroxylation is 1. The van der Waals surface area contributed by atoms with Crippen molar-refractivity contribution in [1.82, 2.24) is 9.80 Å². The standard InChI is InChI=1S/C24H25BrN2O2S/c1-18-4-2-7-22(12-18)29-16-20-14-23(30-17-20)24(28)27-10-8-26(9-11-27)15-19-5-3-6-21(25)13-19/h2-7,12-14,17H,8-11,15-16H2,1H3. The molecule has 6 heteroatoms. The number of ether oxygens (including phenoxy) is 1. The molecular weight excluding hydrogens is 460 g/mol. The van der Waals surface area contributed by atoms with Gasteiger partial charge in [0.2, 0.25) is 0 Å². The van der Waals surface area contributed by atoms with E-state index in [2.05, 4.69) is 39.0 Å². The molecule has 2 aromatic carbocycles. The summed E-state index contributed by atoms with van der Waals surface area (Å²) in [7, 11) is 0. The predicted molar refractivity (Wildman–Crippen MR) is 125 cm³/mol. The smallest absolute Gasteiger partial charge is 0.264 e. The predicted octanol–water partition coefficient (Wildman–Crippen LogP) is 5.36. The summed E-state index contributed by atoms with van der Waals surface area (Å²) in [4.78, 5) is 18.1. The highest BCUT2D eigenvalue weighted by Gasteiger charge is 2.23.